The average Bonchev–Trinajstić information content (AvgIpc) is 2.25. The summed E-state index contributed by atoms with van der Waals surface area (Å²) in [4.78, 5) is 0. The zero-order valence-electron chi connectivity index (χ0n) is 9.65. The predicted octanol–water partition coefficient (Wildman–Crippen LogP) is 2.86. The van der Waals surface area contributed by atoms with Gasteiger partial charge in [-0.05, 0) is 44.6 Å². The topological polar surface area (TPSA) is 35.2 Å². The van der Waals surface area contributed by atoms with E-state index in [1.807, 2.05) is 0 Å². The highest BCUT2D eigenvalue weighted by molar-refractivity contribution is 4.93. The molecule has 16 heavy (non-hydrogen) atoms. The summed E-state index contributed by atoms with van der Waals surface area (Å²) >= 11 is 0. The minimum atomic E-state index is -4.26. The Morgan fingerprint density at radius 2 is 2.12 bits per heavy atom. The predicted molar refractivity (Wildman–Crippen MR) is 56.0 cm³/mol. The monoisotopic (exact) mass is 239 g/mol. The minimum absolute atomic E-state index is 0.0894. The highest BCUT2D eigenvalue weighted by Gasteiger charge is 2.56. The Kier molecular flexibility index (Phi) is 4.62. The molecular formula is C11H20F3NO. The number of hydrogen-bond acceptors (Lipinski definition) is 2. The van der Waals surface area contributed by atoms with Gasteiger partial charge in [0.2, 0.25) is 0 Å². The molecule has 0 radical (unpaired) electrons. The Balaban J connectivity index is 2.65. The number of methoxy groups -OCH3 is 1. The maximum absolute atomic E-state index is 12.9. The van der Waals surface area contributed by atoms with Gasteiger partial charge in [0.1, 0.15) is 0 Å². The fourth-order valence-corrected chi connectivity index (χ4v) is 2.56. The van der Waals surface area contributed by atoms with Crippen LogP contribution in [-0.2, 0) is 4.74 Å². The zero-order chi connectivity index (χ0) is 12.2. The third-order valence-electron chi connectivity index (χ3n) is 3.54. The van der Waals surface area contributed by atoms with Crippen LogP contribution in [0.4, 0.5) is 13.2 Å². The molecule has 1 aliphatic carbocycles. The molecular weight excluding hydrogens is 219 g/mol. The Hall–Kier alpha value is -0.290. The third kappa shape index (κ3) is 2.88. The highest BCUT2D eigenvalue weighted by atomic mass is 19.4. The molecule has 2 atom stereocenters. The normalized spacial score (nSPS) is 31.7. The van der Waals surface area contributed by atoms with Gasteiger partial charge in [0.25, 0.3) is 0 Å². The van der Waals surface area contributed by atoms with E-state index in [1.165, 1.54) is 7.11 Å². The number of hydrogen-bond donors (Lipinski definition) is 1. The summed E-state index contributed by atoms with van der Waals surface area (Å²) in [5, 5.41) is 0. The molecule has 2 unspecified atom stereocenters. The fourth-order valence-electron chi connectivity index (χ4n) is 2.56. The van der Waals surface area contributed by atoms with E-state index >= 15 is 0 Å². The van der Waals surface area contributed by atoms with E-state index in [-0.39, 0.29) is 18.8 Å². The molecule has 0 spiro atoms. The first-order chi connectivity index (χ1) is 7.45. The number of nitrogens with two attached hydrogens (primary N) is 1. The summed E-state index contributed by atoms with van der Waals surface area (Å²) in [5.41, 5.74) is 3.47. The Morgan fingerprint density at radius 3 is 2.62 bits per heavy atom. The summed E-state index contributed by atoms with van der Waals surface area (Å²) in [7, 11) is 1.17. The van der Waals surface area contributed by atoms with Crippen LogP contribution in [0.2, 0.25) is 0 Å². The van der Waals surface area contributed by atoms with Crippen molar-refractivity contribution in [1.29, 1.82) is 0 Å². The van der Waals surface area contributed by atoms with Crippen molar-refractivity contribution in [3.05, 3.63) is 0 Å². The van der Waals surface area contributed by atoms with Gasteiger partial charge in [-0.3, -0.25) is 0 Å². The lowest BCUT2D eigenvalue weighted by Gasteiger charge is -2.41. The molecule has 0 amide bonds. The lowest BCUT2D eigenvalue weighted by atomic mass is 9.75. The van der Waals surface area contributed by atoms with E-state index in [1.54, 1.807) is 0 Å². The third-order valence-corrected chi connectivity index (χ3v) is 3.54. The van der Waals surface area contributed by atoms with Crippen molar-refractivity contribution in [3.8, 4) is 0 Å². The van der Waals surface area contributed by atoms with Gasteiger partial charge >= 0.3 is 6.18 Å². The van der Waals surface area contributed by atoms with Crippen LogP contribution in [0.5, 0.6) is 0 Å². The number of alkyl halides is 3. The lowest BCUT2D eigenvalue weighted by Crippen LogP contribution is -2.50. The van der Waals surface area contributed by atoms with Crippen molar-refractivity contribution in [2.24, 2.45) is 11.7 Å². The van der Waals surface area contributed by atoms with Crippen LogP contribution >= 0.6 is 0 Å². The molecule has 5 heteroatoms. The first-order valence-electron chi connectivity index (χ1n) is 5.77. The second kappa shape index (κ2) is 5.36. The number of rotatable bonds is 4. The van der Waals surface area contributed by atoms with Crippen LogP contribution in [0.25, 0.3) is 0 Å². The van der Waals surface area contributed by atoms with Gasteiger partial charge in [0.15, 0.2) is 5.60 Å². The van der Waals surface area contributed by atoms with E-state index in [0.717, 1.165) is 19.3 Å². The van der Waals surface area contributed by atoms with Crippen LogP contribution < -0.4 is 5.73 Å². The van der Waals surface area contributed by atoms with Crippen molar-refractivity contribution in [2.45, 2.75) is 50.3 Å². The van der Waals surface area contributed by atoms with Crippen molar-refractivity contribution >= 4 is 0 Å². The molecule has 1 rings (SSSR count). The smallest absolute Gasteiger partial charge is 0.369 e. The molecule has 0 heterocycles. The summed E-state index contributed by atoms with van der Waals surface area (Å²) < 4.78 is 43.6. The Morgan fingerprint density at radius 1 is 1.44 bits per heavy atom. The molecule has 96 valence electrons. The molecule has 2 N–H and O–H groups in total. The Bertz CT molecular complexity index is 220. The lowest BCUT2D eigenvalue weighted by molar-refractivity contribution is -0.284. The quantitative estimate of drug-likeness (QED) is 0.818. The van der Waals surface area contributed by atoms with E-state index < -0.39 is 11.8 Å². The summed E-state index contributed by atoms with van der Waals surface area (Å²) in [6, 6.07) is 0. The average molecular weight is 239 g/mol. The largest absolute Gasteiger partial charge is 0.417 e. The first-order valence-corrected chi connectivity index (χ1v) is 5.77. The summed E-state index contributed by atoms with van der Waals surface area (Å²) in [6.07, 6.45) is -1.06. The molecule has 2 nitrogen and oxygen atoms in total. The van der Waals surface area contributed by atoms with Gasteiger partial charge < -0.3 is 10.5 Å². The molecule has 1 fully saturated rings. The molecule has 0 bridgehead atoms. The maximum Gasteiger partial charge on any atom is 0.417 e. The summed E-state index contributed by atoms with van der Waals surface area (Å²) in [6.45, 7) is 0.544. The van der Waals surface area contributed by atoms with Crippen molar-refractivity contribution in [1.82, 2.24) is 0 Å². The second-order valence-corrected chi connectivity index (χ2v) is 4.59. The molecule has 0 aromatic rings. The van der Waals surface area contributed by atoms with Crippen molar-refractivity contribution < 1.29 is 17.9 Å². The molecule has 1 saturated carbocycles. The van der Waals surface area contributed by atoms with E-state index in [4.69, 9.17) is 10.5 Å². The van der Waals surface area contributed by atoms with E-state index in [2.05, 4.69) is 0 Å². The zero-order valence-corrected chi connectivity index (χ0v) is 9.65. The van der Waals surface area contributed by atoms with Crippen LogP contribution in [0.1, 0.15) is 38.5 Å². The first kappa shape index (κ1) is 13.8. The molecule has 0 saturated heterocycles. The molecule has 1 aliphatic rings. The van der Waals surface area contributed by atoms with Gasteiger partial charge in [-0.2, -0.15) is 13.2 Å². The number of halogens is 3. The van der Waals surface area contributed by atoms with Crippen LogP contribution in [0, 0.1) is 5.92 Å². The highest BCUT2D eigenvalue weighted by Crippen LogP contribution is 2.46. The summed E-state index contributed by atoms with van der Waals surface area (Å²) in [5.74, 6) is 0.0962. The second-order valence-electron chi connectivity index (χ2n) is 4.59. The van der Waals surface area contributed by atoms with Gasteiger partial charge in [0.05, 0.1) is 0 Å². The van der Waals surface area contributed by atoms with Crippen molar-refractivity contribution in [3.63, 3.8) is 0 Å². The van der Waals surface area contributed by atoms with Crippen molar-refractivity contribution in [2.75, 3.05) is 13.7 Å². The minimum Gasteiger partial charge on any atom is -0.369 e. The van der Waals surface area contributed by atoms with Gasteiger partial charge in [0, 0.05) is 7.11 Å². The van der Waals surface area contributed by atoms with Crippen LogP contribution in [-0.4, -0.2) is 25.4 Å². The van der Waals surface area contributed by atoms with Gasteiger partial charge in [-0.1, -0.05) is 6.42 Å². The van der Waals surface area contributed by atoms with Gasteiger partial charge in [-0.15, -0.1) is 0 Å². The standard InChI is InChI=1S/C11H20F3NO/c1-16-10(11(12,13)14)6-2-4-9(8-10)5-3-7-15/h9H,2-8,15H2,1H3. The molecule has 0 aromatic heterocycles. The van der Waals surface area contributed by atoms with E-state index in [9.17, 15) is 13.2 Å². The fraction of sp³-hybridized carbons (Fsp3) is 1.00. The SMILES string of the molecule is COC1(C(F)(F)F)CCCC(CCCN)C1. The van der Waals surface area contributed by atoms with E-state index in [0.29, 0.717) is 13.0 Å². The van der Waals surface area contributed by atoms with Crippen LogP contribution in [0.15, 0.2) is 0 Å². The molecule has 0 aliphatic heterocycles. The van der Waals surface area contributed by atoms with Gasteiger partial charge in [-0.25, -0.2) is 0 Å². The maximum atomic E-state index is 12.9. The Labute approximate surface area is 94.3 Å². The number of ether oxygens (including phenoxy) is 1. The molecule has 0 aromatic carbocycles. The van der Waals surface area contributed by atoms with Crippen LogP contribution in [0.3, 0.4) is 0 Å².